The van der Waals surface area contributed by atoms with Gasteiger partial charge in [-0.1, -0.05) is 0 Å². The minimum absolute atomic E-state index is 0. The highest BCUT2D eigenvalue weighted by Crippen LogP contribution is 2.17. The summed E-state index contributed by atoms with van der Waals surface area (Å²) in [6.45, 7) is 4.26. The van der Waals surface area contributed by atoms with Crippen molar-refractivity contribution in [3.05, 3.63) is 24.3 Å². The number of ether oxygens (including phenoxy) is 3. The Balaban J connectivity index is 0.00000242. The molecule has 0 radical (unpaired) electrons. The van der Waals surface area contributed by atoms with E-state index in [1.807, 2.05) is 31.2 Å². The Hall–Kier alpha value is -1.50. The van der Waals surface area contributed by atoms with E-state index < -0.39 is 6.10 Å². The molecular weight excluding hydrogens is 308 g/mol. The van der Waals surface area contributed by atoms with Crippen molar-refractivity contribution in [3.8, 4) is 11.5 Å². The fourth-order valence-electron chi connectivity index (χ4n) is 2.02. The number of methoxy groups -OCH3 is 1. The number of carbonyl (C=O) groups excluding carboxylic acids is 1. The molecule has 2 rings (SSSR count). The van der Waals surface area contributed by atoms with Crippen LogP contribution < -0.4 is 20.1 Å². The highest BCUT2D eigenvalue weighted by molar-refractivity contribution is 5.85. The monoisotopic (exact) mass is 330 g/mol. The van der Waals surface area contributed by atoms with Crippen LogP contribution in [0.15, 0.2) is 24.3 Å². The van der Waals surface area contributed by atoms with Gasteiger partial charge in [-0.05, 0) is 31.2 Å². The molecule has 2 N–H and O–H groups in total. The smallest absolute Gasteiger partial charge is 0.250 e. The van der Waals surface area contributed by atoms with Crippen molar-refractivity contribution < 1.29 is 19.0 Å². The Labute approximate surface area is 136 Å². The number of rotatable bonds is 6. The van der Waals surface area contributed by atoms with E-state index in [2.05, 4.69) is 10.6 Å². The summed E-state index contributed by atoms with van der Waals surface area (Å²) in [4.78, 5) is 11.9. The lowest BCUT2D eigenvalue weighted by atomic mass is 10.2. The fraction of sp³-hybridized carbons (Fsp3) is 0.533. The summed E-state index contributed by atoms with van der Waals surface area (Å²) in [6.07, 6.45) is -0.536. The molecular formula is C15H23ClN2O4. The molecule has 1 heterocycles. The topological polar surface area (TPSA) is 68.8 Å². The second-order valence-corrected chi connectivity index (χ2v) is 4.91. The van der Waals surface area contributed by atoms with Gasteiger partial charge in [0.15, 0.2) is 0 Å². The summed E-state index contributed by atoms with van der Waals surface area (Å²) >= 11 is 0. The Kier molecular flexibility index (Phi) is 8.01. The molecule has 0 bridgehead atoms. The van der Waals surface area contributed by atoms with Crippen LogP contribution in [0.4, 0.5) is 0 Å². The summed E-state index contributed by atoms with van der Waals surface area (Å²) in [5, 5.41) is 5.97. The molecule has 22 heavy (non-hydrogen) atoms. The molecule has 2 atom stereocenters. The molecule has 1 amide bonds. The number of benzene rings is 1. The SMILES string of the molecule is COc1ccc(OC(C)CNC(=O)C2CNCCO2)cc1.Cl. The summed E-state index contributed by atoms with van der Waals surface area (Å²) < 4.78 is 16.2. The van der Waals surface area contributed by atoms with Crippen molar-refractivity contribution in [2.24, 2.45) is 0 Å². The fourth-order valence-corrected chi connectivity index (χ4v) is 2.02. The van der Waals surface area contributed by atoms with Crippen molar-refractivity contribution in [2.45, 2.75) is 19.1 Å². The van der Waals surface area contributed by atoms with Crippen molar-refractivity contribution in [3.63, 3.8) is 0 Å². The van der Waals surface area contributed by atoms with Gasteiger partial charge in [0.05, 0.1) is 20.3 Å². The first-order valence-corrected chi connectivity index (χ1v) is 7.10. The predicted molar refractivity (Wildman–Crippen MR) is 86.0 cm³/mol. The van der Waals surface area contributed by atoms with Gasteiger partial charge in [0.25, 0.3) is 5.91 Å². The molecule has 1 aliphatic heterocycles. The maximum atomic E-state index is 11.9. The molecule has 0 saturated carbocycles. The third kappa shape index (κ3) is 5.71. The van der Waals surface area contributed by atoms with Crippen molar-refractivity contribution in [1.82, 2.24) is 10.6 Å². The minimum atomic E-state index is -0.410. The molecule has 6 nitrogen and oxygen atoms in total. The number of morpholine rings is 1. The van der Waals surface area contributed by atoms with Gasteiger partial charge in [-0.2, -0.15) is 0 Å². The number of carbonyl (C=O) groups is 1. The lowest BCUT2D eigenvalue weighted by Crippen LogP contribution is -2.49. The Morgan fingerprint density at radius 1 is 1.41 bits per heavy atom. The van der Waals surface area contributed by atoms with Gasteiger partial charge in [-0.3, -0.25) is 4.79 Å². The minimum Gasteiger partial charge on any atom is -0.497 e. The molecule has 1 aromatic rings. The lowest BCUT2D eigenvalue weighted by Gasteiger charge is -2.23. The largest absolute Gasteiger partial charge is 0.497 e. The first-order valence-electron chi connectivity index (χ1n) is 7.10. The molecule has 0 spiro atoms. The average Bonchev–Trinajstić information content (AvgIpc) is 2.54. The number of hydrogen-bond acceptors (Lipinski definition) is 5. The first-order chi connectivity index (χ1) is 10.2. The standard InChI is InChI=1S/C15H22N2O4.ClH/c1-11(21-13-5-3-12(19-2)4-6-13)9-17-15(18)14-10-16-7-8-20-14;/h3-6,11,14,16H,7-10H2,1-2H3,(H,17,18);1H. The van der Waals surface area contributed by atoms with Crippen LogP contribution in [0, 0.1) is 0 Å². The highest BCUT2D eigenvalue weighted by Gasteiger charge is 2.21. The molecule has 1 aliphatic rings. The Morgan fingerprint density at radius 3 is 2.68 bits per heavy atom. The summed E-state index contributed by atoms with van der Waals surface area (Å²) in [6, 6.07) is 7.35. The summed E-state index contributed by atoms with van der Waals surface area (Å²) in [5.41, 5.74) is 0. The van der Waals surface area contributed by atoms with Crippen LogP contribution in [0.3, 0.4) is 0 Å². The maximum absolute atomic E-state index is 11.9. The van der Waals surface area contributed by atoms with Crippen LogP contribution in [-0.2, 0) is 9.53 Å². The lowest BCUT2D eigenvalue weighted by molar-refractivity contribution is -0.134. The van der Waals surface area contributed by atoms with Gasteiger partial charge in [0.1, 0.15) is 23.7 Å². The second kappa shape index (κ2) is 9.50. The molecule has 2 unspecified atom stereocenters. The predicted octanol–water partition coefficient (Wildman–Crippen LogP) is 0.989. The van der Waals surface area contributed by atoms with Crippen LogP contribution in [-0.4, -0.2) is 51.5 Å². The zero-order chi connectivity index (χ0) is 15.1. The maximum Gasteiger partial charge on any atom is 0.250 e. The van der Waals surface area contributed by atoms with Gasteiger partial charge in [-0.25, -0.2) is 0 Å². The van der Waals surface area contributed by atoms with Gasteiger partial charge in [-0.15, -0.1) is 12.4 Å². The van der Waals surface area contributed by atoms with E-state index in [4.69, 9.17) is 14.2 Å². The second-order valence-electron chi connectivity index (χ2n) is 4.91. The molecule has 7 heteroatoms. The van der Waals surface area contributed by atoms with E-state index in [0.717, 1.165) is 18.0 Å². The van der Waals surface area contributed by atoms with Gasteiger partial charge in [0.2, 0.25) is 0 Å². The highest BCUT2D eigenvalue weighted by atomic mass is 35.5. The van der Waals surface area contributed by atoms with Crippen LogP contribution in [0.5, 0.6) is 11.5 Å². The number of amides is 1. The molecule has 1 saturated heterocycles. The van der Waals surface area contributed by atoms with Crippen LogP contribution >= 0.6 is 12.4 Å². The number of halogens is 1. The van der Waals surface area contributed by atoms with E-state index in [1.165, 1.54) is 0 Å². The molecule has 0 aliphatic carbocycles. The molecule has 1 aromatic carbocycles. The quantitative estimate of drug-likeness (QED) is 0.814. The summed E-state index contributed by atoms with van der Waals surface area (Å²) in [7, 11) is 1.62. The average molecular weight is 331 g/mol. The Morgan fingerprint density at radius 2 is 2.09 bits per heavy atom. The van der Waals surface area contributed by atoms with E-state index in [-0.39, 0.29) is 24.4 Å². The zero-order valence-corrected chi connectivity index (χ0v) is 13.7. The van der Waals surface area contributed by atoms with Gasteiger partial charge in [0, 0.05) is 13.1 Å². The number of nitrogens with one attached hydrogen (secondary N) is 2. The first kappa shape index (κ1) is 18.5. The van der Waals surface area contributed by atoms with Crippen LogP contribution in [0.1, 0.15) is 6.92 Å². The molecule has 1 fully saturated rings. The van der Waals surface area contributed by atoms with E-state index in [1.54, 1.807) is 7.11 Å². The van der Waals surface area contributed by atoms with Crippen molar-refractivity contribution in [2.75, 3.05) is 33.4 Å². The van der Waals surface area contributed by atoms with Crippen LogP contribution in [0.25, 0.3) is 0 Å². The van der Waals surface area contributed by atoms with E-state index in [9.17, 15) is 4.79 Å². The van der Waals surface area contributed by atoms with Gasteiger partial charge >= 0.3 is 0 Å². The third-order valence-corrected chi connectivity index (χ3v) is 3.18. The third-order valence-electron chi connectivity index (χ3n) is 3.18. The molecule has 0 aromatic heterocycles. The van der Waals surface area contributed by atoms with Crippen molar-refractivity contribution >= 4 is 18.3 Å². The normalized spacial score (nSPS) is 18.7. The van der Waals surface area contributed by atoms with Crippen LogP contribution in [0.2, 0.25) is 0 Å². The van der Waals surface area contributed by atoms with E-state index in [0.29, 0.717) is 19.7 Å². The molecule has 124 valence electrons. The Bertz CT molecular complexity index is 449. The number of hydrogen-bond donors (Lipinski definition) is 2. The van der Waals surface area contributed by atoms with E-state index >= 15 is 0 Å². The van der Waals surface area contributed by atoms with Gasteiger partial charge < -0.3 is 24.8 Å². The summed E-state index contributed by atoms with van der Waals surface area (Å²) in [5.74, 6) is 1.42. The van der Waals surface area contributed by atoms with Crippen molar-refractivity contribution in [1.29, 1.82) is 0 Å². The zero-order valence-electron chi connectivity index (χ0n) is 12.8.